The van der Waals surface area contributed by atoms with Crippen LogP contribution < -0.4 is 5.32 Å². The number of nitrogens with zero attached hydrogens (tertiary/aromatic N) is 5. The molecular weight excluding hydrogens is 336 g/mol. The monoisotopic (exact) mass is 360 g/mol. The quantitative estimate of drug-likeness (QED) is 0.827. The molecule has 0 spiro atoms. The Labute approximate surface area is 151 Å². The minimum atomic E-state index is -0.643. The van der Waals surface area contributed by atoms with Gasteiger partial charge < -0.3 is 14.7 Å². The van der Waals surface area contributed by atoms with Crippen LogP contribution in [0, 0.1) is 6.92 Å². The minimum Gasteiger partial charge on any atom is -0.340 e. The van der Waals surface area contributed by atoms with E-state index in [-0.39, 0.29) is 6.04 Å². The van der Waals surface area contributed by atoms with Gasteiger partial charge in [0.15, 0.2) is 5.82 Å². The number of hydrogen-bond donors (Lipinski definition) is 1. The maximum absolute atomic E-state index is 12.8. The van der Waals surface area contributed by atoms with Gasteiger partial charge in [0.25, 0.3) is 0 Å². The van der Waals surface area contributed by atoms with Crippen molar-refractivity contribution in [1.29, 1.82) is 0 Å². The highest BCUT2D eigenvalue weighted by molar-refractivity contribution is 6.35. The van der Waals surface area contributed by atoms with Gasteiger partial charge >= 0.3 is 11.8 Å². The first-order chi connectivity index (χ1) is 12.5. The molecule has 2 amide bonds. The number of aromatic nitrogens is 4. The van der Waals surface area contributed by atoms with Crippen LogP contribution >= 0.6 is 0 Å². The standard InChI is InChI=1S/C17H24N6O3/c1-4-13(15-19-11(2)26-21-15)20-16(24)17(25)23-8-6-5-7-14(23)12-9-18-22(3)10-12/h9-10,13-14H,4-8H2,1-3H3,(H,20,24). The summed E-state index contributed by atoms with van der Waals surface area (Å²) < 4.78 is 6.67. The van der Waals surface area contributed by atoms with Crippen LogP contribution in [-0.4, -0.2) is 43.2 Å². The van der Waals surface area contributed by atoms with Crippen LogP contribution in [0.25, 0.3) is 0 Å². The predicted molar refractivity (Wildman–Crippen MR) is 91.7 cm³/mol. The van der Waals surface area contributed by atoms with E-state index in [4.69, 9.17) is 4.52 Å². The Kier molecular flexibility index (Phi) is 5.34. The van der Waals surface area contributed by atoms with Crippen LogP contribution in [0.5, 0.6) is 0 Å². The molecule has 2 aromatic rings. The number of amides is 2. The maximum Gasteiger partial charge on any atom is 0.312 e. The number of aryl methyl sites for hydroxylation is 2. The van der Waals surface area contributed by atoms with Gasteiger partial charge in [-0.3, -0.25) is 14.3 Å². The van der Waals surface area contributed by atoms with Crippen molar-refractivity contribution < 1.29 is 14.1 Å². The van der Waals surface area contributed by atoms with E-state index in [9.17, 15) is 9.59 Å². The van der Waals surface area contributed by atoms with E-state index in [1.165, 1.54) is 0 Å². The first-order valence-corrected chi connectivity index (χ1v) is 8.89. The van der Waals surface area contributed by atoms with Crippen molar-refractivity contribution >= 4 is 11.8 Å². The highest BCUT2D eigenvalue weighted by Crippen LogP contribution is 2.30. The summed E-state index contributed by atoms with van der Waals surface area (Å²) in [4.78, 5) is 31.1. The topological polar surface area (TPSA) is 106 Å². The third kappa shape index (κ3) is 3.76. The molecule has 1 saturated heterocycles. The van der Waals surface area contributed by atoms with Crippen molar-refractivity contribution in [2.45, 2.75) is 51.6 Å². The maximum atomic E-state index is 12.8. The zero-order chi connectivity index (χ0) is 18.7. The molecule has 1 aliphatic rings. The Balaban J connectivity index is 1.72. The van der Waals surface area contributed by atoms with Crippen LogP contribution in [0.4, 0.5) is 0 Å². The lowest BCUT2D eigenvalue weighted by molar-refractivity contribution is -0.148. The average molecular weight is 360 g/mol. The third-order valence-electron chi connectivity index (χ3n) is 4.64. The Bertz CT molecular complexity index is 783. The second kappa shape index (κ2) is 7.67. The summed E-state index contributed by atoms with van der Waals surface area (Å²) >= 11 is 0. The van der Waals surface area contributed by atoms with Gasteiger partial charge in [-0.15, -0.1) is 0 Å². The summed E-state index contributed by atoms with van der Waals surface area (Å²) in [7, 11) is 1.84. The zero-order valence-electron chi connectivity index (χ0n) is 15.3. The fourth-order valence-corrected chi connectivity index (χ4v) is 3.29. The van der Waals surface area contributed by atoms with Gasteiger partial charge in [-0.1, -0.05) is 12.1 Å². The Morgan fingerprint density at radius 1 is 1.42 bits per heavy atom. The summed E-state index contributed by atoms with van der Waals surface area (Å²) in [5, 5.41) is 10.8. The van der Waals surface area contributed by atoms with Crippen LogP contribution in [0.3, 0.4) is 0 Å². The molecule has 0 aromatic carbocycles. The number of hydrogen-bond acceptors (Lipinski definition) is 6. The first-order valence-electron chi connectivity index (χ1n) is 8.89. The lowest BCUT2D eigenvalue weighted by atomic mass is 9.97. The largest absolute Gasteiger partial charge is 0.340 e. The number of rotatable bonds is 4. The molecule has 1 fully saturated rings. The minimum absolute atomic E-state index is 0.122. The zero-order valence-corrected chi connectivity index (χ0v) is 15.3. The molecule has 0 radical (unpaired) electrons. The molecule has 2 unspecified atom stereocenters. The molecule has 3 heterocycles. The number of likely N-dealkylation sites (tertiary alicyclic amines) is 1. The highest BCUT2D eigenvalue weighted by Gasteiger charge is 2.33. The molecule has 9 nitrogen and oxygen atoms in total. The van der Waals surface area contributed by atoms with Crippen LogP contribution in [0.15, 0.2) is 16.9 Å². The second-order valence-electron chi connectivity index (χ2n) is 6.56. The van der Waals surface area contributed by atoms with Crippen molar-refractivity contribution in [3.8, 4) is 0 Å². The number of piperidine rings is 1. The Hall–Kier alpha value is -2.71. The normalized spacial score (nSPS) is 18.6. The van der Waals surface area contributed by atoms with Gasteiger partial charge in [0, 0.05) is 32.3 Å². The second-order valence-corrected chi connectivity index (χ2v) is 6.56. The van der Waals surface area contributed by atoms with Crippen molar-refractivity contribution in [1.82, 2.24) is 30.1 Å². The molecule has 2 atom stereocenters. The SMILES string of the molecule is CCC(NC(=O)C(=O)N1CCCCC1c1cnn(C)c1)c1noc(C)n1. The highest BCUT2D eigenvalue weighted by atomic mass is 16.5. The van der Waals surface area contributed by atoms with Gasteiger partial charge in [0.2, 0.25) is 5.89 Å². The van der Waals surface area contributed by atoms with Gasteiger partial charge in [-0.25, -0.2) is 0 Å². The molecular formula is C17H24N6O3. The van der Waals surface area contributed by atoms with Gasteiger partial charge in [0.1, 0.15) is 0 Å². The molecule has 0 aliphatic carbocycles. The fourth-order valence-electron chi connectivity index (χ4n) is 3.29. The van der Waals surface area contributed by atoms with Gasteiger partial charge in [0.05, 0.1) is 18.3 Å². The molecule has 0 saturated carbocycles. The summed E-state index contributed by atoms with van der Waals surface area (Å²) in [6.45, 7) is 4.13. The van der Waals surface area contributed by atoms with Crippen molar-refractivity contribution in [2.24, 2.45) is 7.05 Å². The molecule has 3 rings (SSSR count). The van der Waals surface area contributed by atoms with Crippen molar-refractivity contribution in [3.05, 3.63) is 29.7 Å². The fraction of sp³-hybridized carbons (Fsp3) is 0.588. The van der Waals surface area contributed by atoms with Gasteiger partial charge in [-0.05, 0) is 25.7 Å². The van der Waals surface area contributed by atoms with Crippen molar-refractivity contribution in [3.63, 3.8) is 0 Å². The van der Waals surface area contributed by atoms with Crippen LogP contribution in [0.2, 0.25) is 0 Å². The molecule has 2 aromatic heterocycles. The van der Waals surface area contributed by atoms with E-state index < -0.39 is 17.9 Å². The Morgan fingerprint density at radius 2 is 2.23 bits per heavy atom. The number of carbonyl (C=O) groups is 2. The van der Waals surface area contributed by atoms with E-state index in [2.05, 4.69) is 20.6 Å². The summed E-state index contributed by atoms with van der Waals surface area (Å²) in [6, 6.07) is -0.575. The summed E-state index contributed by atoms with van der Waals surface area (Å²) in [5.74, 6) is -0.368. The first kappa shape index (κ1) is 18.1. The van der Waals surface area contributed by atoms with Crippen molar-refractivity contribution in [2.75, 3.05) is 6.54 Å². The molecule has 140 valence electrons. The molecule has 1 N–H and O–H groups in total. The van der Waals surface area contributed by atoms with Gasteiger partial charge in [-0.2, -0.15) is 10.1 Å². The number of carbonyl (C=O) groups excluding carboxylic acids is 2. The van der Waals surface area contributed by atoms with E-state index in [1.54, 1.807) is 22.7 Å². The Morgan fingerprint density at radius 3 is 2.85 bits per heavy atom. The molecule has 26 heavy (non-hydrogen) atoms. The molecule has 0 bridgehead atoms. The lowest BCUT2D eigenvalue weighted by Crippen LogP contribution is -2.47. The molecule has 9 heteroatoms. The molecule has 1 aliphatic heterocycles. The third-order valence-corrected chi connectivity index (χ3v) is 4.64. The van der Waals surface area contributed by atoms with E-state index >= 15 is 0 Å². The lowest BCUT2D eigenvalue weighted by Gasteiger charge is -2.35. The van der Waals surface area contributed by atoms with E-state index in [0.717, 1.165) is 24.8 Å². The average Bonchev–Trinajstić information content (AvgIpc) is 3.27. The van der Waals surface area contributed by atoms with Crippen LogP contribution in [0.1, 0.15) is 62.0 Å². The number of nitrogens with one attached hydrogen (secondary N) is 1. The predicted octanol–water partition coefficient (Wildman–Crippen LogP) is 1.43. The van der Waals surface area contributed by atoms with Crippen LogP contribution in [-0.2, 0) is 16.6 Å². The van der Waals surface area contributed by atoms with E-state index in [0.29, 0.717) is 24.7 Å². The smallest absolute Gasteiger partial charge is 0.312 e. The summed E-state index contributed by atoms with van der Waals surface area (Å²) in [5.41, 5.74) is 0.953. The summed E-state index contributed by atoms with van der Waals surface area (Å²) in [6.07, 6.45) is 6.94. The van der Waals surface area contributed by atoms with E-state index in [1.807, 2.05) is 20.2 Å².